The molecule has 1 N–H and O–H groups in total. The Morgan fingerprint density at radius 3 is 1.57 bits per heavy atom. The van der Waals surface area contributed by atoms with E-state index in [0.29, 0.717) is 5.25 Å². The van der Waals surface area contributed by atoms with E-state index in [4.69, 9.17) is 5.11 Å². The van der Waals surface area contributed by atoms with Crippen molar-refractivity contribution in [1.82, 2.24) is 0 Å². The largest absolute Gasteiger partial charge is 0.395 e. The smallest absolute Gasteiger partial charge is 0.0550 e. The van der Waals surface area contributed by atoms with E-state index in [1.165, 1.54) is 0 Å². The first kappa shape index (κ1) is 22.0. The molecule has 0 aromatic rings. The van der Waals surface area contributed by atoms with Gasteiger partial charge in [0.05, 0.1) is 6.61 Å². The number of thioether (sulfide) groups is 1. The van der Waals surface area contributed by atoms with Crippen LogP contribution in [0, 0.1) is 0 Å². The topological polar surface area (TPSA) is 20.2 Å². The van der Waals surface area contributed by atoms with Crippen LogP contribution in [-0.4, -0.2) is 23.2 Å². The van der Waals surface area contributed by atoms with Gasteiger partial charge in [0.2, 0.25) is 0 Å². The zero-order valence-electron chi connectivity index (χ0n) is 14.9. The van der Waals surface area contributed by atoms with Crippen LogP contribution in [0.3, 0.4) is 0 Å². The highest BCUT2D eigenvalue weighted by molar-refractivity contribution is 7.99. The van der Waals surface area contributed by atoms with Crippen molar-refractivity contribution < 1.29 is 5.11 Å². The van der Waals surface area contributed by atoms with E-state index in [2.05, 4.69) is 73.9 Å². The van der Waals surface area contributed by atoms with Gasteiger partial charge in [0.15, 0.2) is 0 Å². The average Bonchev–Trinajstić information content (AvgIpc) is 2.58. The molecule has 0 aliphatic rings. The van der Waals surface area contributed by atoms with E-state index in [-0.39, 0.29) is 6.61 Å². The number of aliphatic hydroxyl groups is 1. The van der Waals surface area contributed by atoms with Gasteiger partial charge in [0, 0.05) is 5.25 Å². The summed E-state index contributed by atoms with van der Waals surface area (Å²) < 4.78 is 0. The Labute approximate surface area is 148 Å². The summed E-state index contributed by atoms with van der Waals surface area (Å²) in [5.41, 5.74) is 0. The van der Waals surface area contributed by atoms with Crippen LogP contribution in [0.15, 0.2) is 60.8 Å². The van der Waals surface area contributed by atoms with Gasteiger partial charge in [-0.15, -0.1) is 0 Å². The Morgan fingerprint density at radius 1 is 0.739 bits per heavy atom. The summed E-state index contributed by atoms with van der Waals surface area (Å²) in [6.07, 6.45) is 31.5. The lowest BCUT2D eigenvalue weighted by Gasteiger charge is -2.07. The molecule has 0 aliphatic heterocycles. The number of allylic oxidation sites excluding steroid dienone is 10. The van der Waals surface area contributed by atoms with Gasteiger partial charge in [0.25, 0.3) is 0 Å². The van der Waals surface area contributed by atoms with Gasteiger partial charge < -0.3 is 5.11 Å². The van der Waals surface area contributed by atoms with Gasteiger partial charge in [-0.3, -0.25) is 0 Å². The van der Waals surface area contributed by atoms with Crippen molar-refractivity contribution in [3.05, 3.63) is 60.8 Å². The van der Waals surface area contributed by atoms with Crippen molar-refractivity contribution in [3.8, 4) is 0 Å². The van der Waals surface area contributed by atoms with Crippen LogP contribution in [0.4, 0.5) is 0 Å². The van der Waals surface area contributed by atoms with Crippen molar-refractivity contribution in [3.63, 3.8) is 0 Å². The van der Waals surface area contributed by atoms with Crippen LogP contribution < -0.4 is 0 Å². The van der Waals surface area contributed by atoms with Crippen LogP contribution in [-0.2, 0) is 0 Å². The van der Waals surface area contributed by atoms with Gasteiger partial charge in [-0.05, 0) is 51.2 Å². The molecule has 0 spiro atoms. The molecule has 0 saturated heterocycles. The summed E-state index contributed by atoms with van der Waals surface area (Å²) in [6, 6.07) is 0. The average molecular weight is 335 g/mol. The maximum Gasteiger partial charge on any atom is 0.0550 e. The molecule has 130 valence electrons. The predicted octanol–water partition coefficient (Wildman–Crippen LogP) is 6.24. The maximum absolute atomic E-state index is 9.08. The van der Waals surface area contributed by atoms with Gasteiger partial charge >= 0.3 is 0 Å². The molecular weight excluding hydrogens is 300 g/mol. The minimum atomic E-state index is 0.284. The van der Waals surface area contributed by atoms with Crippen LogP contribution in [0.1, 0.15) is 51.9 Å². The maximum atomic E-state index is 9.08. The zero-order chi connectivity index (χ0) is 17.0. The fraction of sp³-hybridized carbons (Fsp3) is 0.524. The van der Waals surface area contributed by atoms with Crippen molar-refractivity contribution >= 4 is 11.8 Å². The number of aliphatic hydroxyl groups excluding tert-OH is 1. The molecule has 0 aromatic heterocycles. The van der Waals surface area contributed by atoms with Gasteiger partial charge in [-0.25, -0.2) is 0 Å². The van der Waals surface area contributed by atoms with Crippen molar-refractivity contribution in [2.24, 2.45) is 0 Å². The molecule has 0 aromatic carbocycles. The Kier molecular flexibility index (Phi) is 18.2. The Hall–Kier alpha value is -0.990. The SMILES string of the molecule is CCC=CCC=CCC=CCC=CCC=CCCC(CO)SC. The Morgan fingerprint density at radius 2 is 1.17 bits per heavy atom. The third-order valence-corrected chi connectivity index (χ3v) is 4.40. The summed E-state index contributed by atoms with van der Waals surface area (Å²) >= 11 is 1.74. The second kappa shape index (κ2) is 19.1. The molecule has 0 fully saturated rings. The first-order valence-electron chi connectivity index (χ1n) is 8.73. The number of hydrogen-bond acceptors (Lipinski definition) is 2. The lowest BCUT2D eigenvalue weighted by molar-refractivity contribution is 0.291. The van der Waals surface area contributed by atoms with Gasteiger partial charge in [-0.1, -0.05) is 67.7 Å². The fourth-order valence-electron chi connectivity index (χ4n) is 1.93. The zero-order valence-corrected chi connectivity index (χ0v) is 15.7. The minimum absolute atomic E-state index is 0.284. The standard InChI is InChI=1S/C21H34OS/c1-3-4-5-6-7-8-9-10-11-12-13-14-15-16-17-18-19-21(20-22)23-2/h4-5,7-8,10-11,13-14,16-17,21-22H,3,6,9,12,15,18-20H2,1-2H3. The van der Waals surface area contributed by atoms with Crippen LogP contribution in [0.5, 0.6) is 0 Å². The molecule has 0 saturated carbocycles. The first-order valence-corrected chi connectivity index (χ1v) is 10.0. The molecule has 0 radical (unpaired) electrons. The summed E-state index contributed by atoms with van der Waals surface area (Å²) in [7, 11) is 0. The first-order chi connectivity index (χ1) is 11.3. The summed E-state index contributed by atoms with van der Waals surface area (Å²) in [5, 5.41) is 9.47. The Bertz CT molecular complexity index is 373. The van der Waals surface area contributed by atoms with Crippen molar-refractivity contribution in [2.75, 3.05) is 12.9 Å². The van der Waals surface area contributed by atoms with E-state index in [1.54, 1.807) is 11.8 Å². The van der Waals surface area contributed by atoms with E-state index in [9.17, 15) is 0 Å². The second-order valence-electron chi connectivity index (χ2n) is 5.33. The molecule has 1 atom stereocenters. The minimum Gasteiger partial charge on any atom is -0.395 e. The second-order valence-corrected chi connectivity index (χ2v) is 6.46. The molecule has 1 unspecified atom stereocenters. The summed E-state index contributed by atoms with van der Waals surface area (Å²) in [4.78, 5) is 0. The lowest BCUT2D eigenvalue weighted by atomic mass is 10.2. The van der Waals surface area contributed by atoms with Gasteiger partial charge in [0.1, 0.15) is 0 Å². The molecule has 1 nitrogen and oxygen atoms in total. The molecule has 0 amide bonds. The van der Waals surface area contributed by atoms with Crippen molar-refractivity contribution in [1.29, 1.82) is 0 Å². The monoisotopic (exact) mass is 334 g/mol. The summed E-state index contributed by atoms with van der Waals surface area (Å²) in [6.45, 7) is 2.44. The van der Waals surface area contributed by atoms with Crippen molar-refractivity contribution in [2.45, 2.75) is 57.1 Å². The third-order valence-electron chi connectivity index (χ3n) is 3.35. The lowest BCUT2D eigenvalue weighted by Crippen LogP contribution is -2.06. The van der Waals surface area contributed by atoms with E-state index >= 15 is 0 Å². The van der Waals surface area contributed by atoms with Crippen LogP contribution >= 0.6 is 11.8 Å². The highest BCUT2D eigenvalue weighted by Gasteiger charge is 2.01. The molecule has 2 heteroatoms. The third kappa shape index (κ3) is 17.2. The quantitative estimate of drug-likeness (QED) is 0.379. The highest BCUT2D eigenvalue weighted by Crippen LogP contribution is 2.12. The fourth-order valence-corrected chi connectivity index (χ4v) is 2.46. The molecule has 0 aliphatic carbocycles. The molecular formula is C21H34OS. The normalized spacial score (nSPS) is 14.4. The van der Waals surface area contributed by atoms with E-state index in [1.807, 2.05) is 0 Å². The highest BCUT2D eigenvalue weighted by atomic mass is 32.2. The molecule has 0 bridgehead atoms. The molecule has 0 heterocycles. The van der Waals surface area contributed by atoms with Gasteiger partial charge in [-0.2, -0.15) is 11.8 Å². The number of rotatable bonds is 14. The van der Waals surface area contributed by atoms with E-state index in [0.717, 1.165) is 44.9 Å². The Balaban J connectivity index is 3.52. The molecule has 0 rings (SSSR count). The summed E-state index contributed by atoms with van der Waals surface area (Å²) in [5.74, 6) is 0. The molecule has 23 heavy (non-hydrogen) atoms. The van der Waals surface area contributed by atoms with Crippen LogP contribution in [0.25, 0.3) is 0 Å². The van der Waals surface area contributed by atoms with Crippen LogP contribution in [0.2, 0.25) is 0 Å². The predicted molar refractivity (Wildman–Crippen MR) is 108 cm³/mol. The van der Waals surface area contributed by atoms with E-state index < -0.39 is 0 Å². The number of hydrogen-bond donors (Lipinski definition) is 1.